The molecule has 1 aliphatic rings. The molecule has 130 valence electrons. The molecular weight excluding hydrogens is 319 g/mol. The van der Waals surface area contributed by atoms with E-state index in [1.54, 1.807) is 24.0 Å². The Morgan fingerprint density at radius 3 is 2.64 bits per heavy atom. The van der Waals surface area contributed by atoms with E-state index in [9.17, 15) is 14.0 Å². The van der Waals surface area contributed by atoms with Gasteiger partial charge in [-0.15, -0.1) is 0 Å². The lowest BCUT2D eigenvalue weighted by Crippen LogP contribution is -2.28. The number of benzene rings is 2. The van der Waals surface area contributed by atoms with E-state index in [4.69, 9.17) is 0 Å². The van der Waals surface area contributed by atoms with Crippen LogP contribution in [0.3, 0.4) is 0 Å². The monoisotopic (exact) mass is 340 g/mol. The number of amides is 2. The van der Waals surface area contributed by atoms with Crippen LogP contribution in [0.1, 0.15) is 23.1 Å². The van der Waals surface area contributed by atoms with E-state index in [0.29, 0.717) is 17.8 Å². The maximum Gasteiger partial charge on any atom is 0.229 e. The summed E-state index contributed by atoms with van der Waals surface area (Å²) < 4.78 is 13.6. The highest BCUT2D eigenvalue weighted by molar-refractivity contribution is 6.03. The first-order valence-corrected chi connectivity index (χ1v) is 8.30. The number of nitrogens with one attached hydrogen (secondary N) is 1. The average Bonchev–Trinajstić information content (AvgIpc) is 2.95. The number of carbonyl (C=O) groups excluding carboxylic acids is 2. The van der Waals surface area contributed by atoms with E-state index < -0.39 is 5.92 Å². The molecule has 1 atom stereocenters. The summed E-state index contributed by atoms with van der Waals surface area (Å²) in [5.74, 6) is -1.14. The molecule has 0 aromatic heterocycles. The van der Waals surface area contributed by atoms with Crippen molar-refractivity contribution in [2.45, 2.75) is 27.2 Å². The Bertz CT molecular complexity index is 848. The molecule has 2 amide bonds. The SMILES string of the molecule is Cc1ccc(NC(=O)C2CC(=O)N(c3cccc(C)c3C)C2)cc1F. The van der Waals surface area contributed by atoms with Crippen molar-refractivity contribution < 1.29 is 14.0 Å². The molecule has 0 bridgehead atoms. The summed E-state index contributed by atoms with van der Waals surface area (Å²) in [6.45, 7) is 5.97. The van der Waals surface area contributed by atoms with Gasteiger partial charge in [0.15, 0.2) is 0 Å². The average molecular weight is 340 g/mol. The Kier molecular flexibility index (Phi) is 4.57. The zero-order valence-electron chi connectivity index (χ0n) is 14.6. The maximum atomic E-state index is 13.6. The number of aryl methyl sites for hydroxylation is 2. The van der Waals surface area contributed by atoms with E-state index in [-0.39, 0.29) is 24.1 Å². The minimum Gasteiger partial charge on any atom is -0.326 e. The second-order valence-corrected chi connectivity index (χ2v) is 6.58. The maximum absolute atomic E-state index is 13.6. The van der Waals surface area contributed by atoms with Crippen LogP contribution in [-0.4, -0.2) is 18.4 Å². The van der Waals surface area contributed by atoms with Crippen LogP contribution in [0.4, 0.5) is 15.8 Å². The lowest BCUT2D eigenvalue weighted by molar-refractivity contribution is -0.122. The van der Waals surface area contributed by atoms with Gasteiger partial charge in [-0.25, -0.2) is 4.39 Å². The first-order valence-electron chi connectivity index (χ1n) is 8.30. The molecule has 0 saturated carbocycles. The topological polar surface area (TPSA) is 49.4 Å². The predicted molar refractivity (Wildman–Crippen MR) is 96.1 cm³/mol. The Morgan fingerprint density at radius 2 is 1.92 bits per heavy atom. The molecule has 2 aromatic rings. The molecule has 0 spiro atoms. The highest BCUT2D eigenvalue weighted by atomic mass is 19.1. The van der Waals surface area contributed by atoms with E-state index in [2.05, 4.69) is 5.32 Å². The Morgan fingerprint density at radius 1 is 1.16 bits per heavy atom. The van der Waals surface area contributed by atoms with Crippen LogP contribution in [0, 0.1) is 32.5 Å². The van der Waals surface area contributed by atoms with Gasteiger partial charge in [0.25, 0.3) is 0 Å². The largest absolute Gasteiger partial charge is 0.326 e. The number of nitrogens with zero attached hydrogens (tertiary/aromatic N) is 1. The van der Waals surface area contributed by atoms with Crippen LogP contribution >= 0.6 is 0 Å². The van der Waals surface area contributed by atoms with Crippen molar-refractivity contribution in [2.75, 3.05) is 16.8 Å². The molecule has 0 radical (unpaired) electrons. The number of rotatable bonds is 3. The molecule has 2 aromatic carbocycles. The van der Waals surface area contributed by atoms with Crippen molar-refractivity contribution in [3.8, 4) is 0 Å². The van der Waals surface area contributed by atoms with Gasteiger partial charge in [0.05, 0.1) is 5.92 Å². The van der Waals surface area contributed by atoms with Gasteiger partial charge in [-0.3, -0.25) is 9.59 Å². The van der Waals surface area contributed by atoms with Crippen molar-refractivity contribution in [2.24, 2.45) is 5.92 Å². The number of hydrogen-bond donors (Lipinski definition) is 1. The van der Waals surface area contributed by atoms with Crippen LogP contribution < -0.4 is 10.2 Å². The second-order valence-electron chi connectivity index (χ2n) is 6.58. The lowest BCUT2D eigenvalue weighted by Gasteiger charge is -2.20. The lowest BCUT2D eigenvalue weighted by atomic mass is 10.1. The number of halogens is 1. The van der Waals surface area contributed by atoms with Crippen molar-refractivity contribution in [1.82, 2.24) is 0 Å². The van der Waals surface area contributed by atoms with Crippen molar-refractivity contribution in [1.29, 1.82) is 0 Å². The first kappa shape index (κ1) is 17.1. The highest BCUT2D eigenvalue weighted by Crippen LogP contribution is 2.30. The first-order chi connectivity index (χ1) is 11.9. The van der Waals surface area contributed by atoms with Crippen LogP contribution in [0.5, 0.6) is 0 Å². The van der Waals surface area contributed by atoms with E-state index >= 15 is 0 Å². The Labute approximate surface area is 146 Å². The Hall–Kier alpha value is -2.69. The zero-order chi connectivity index (χ0) is 18.1. The molecule has 3 rings (SSSR count). The molecule has 1 heterocycles. The second kappa shape index (κ2) is 6.67. The molecule has 1 unspecified atom stereocenters. The summed E-state index contributed by atoms with van der Waals surface area (Å²) in [4.78, 5) is 26.5. The summed E-state index contributed by atoms with van der Waals surface area (Å²) in [6.07, 6.45) is 0.160. The molecule has 1 aliphatic heterocycles. The summed E-state index contributed by atoms with van der Waals surface area (Å²) in [6, 6.07) is 10.4. The number of hydrogen-bond acceptors (Lipinski definition) is 2. The Balaban J connectivity index is 1.74. The highest BCUT2D eigenvalue weighted by Gasteiger charge is 2.35. The quantitative estimate of drug-likeness (QED) is 0.925. The minimum absolute atomic E-state index is 0.0658. The van der Waals surface area contributed by atoms with Gasteiger partial charge in [-0.2, -0.15) is 0 Å². The molecule has 1 N–H and O–H groups in total. The van der Waals surface area contributed by atoms with Crippen molar-refractivity contribution in [3.63, 3.8) is 0 Å². The van der Waals surface area contributed by atoms with Crippen LogP contribution in [0.25, 0.3) is 0 Å². The fourth-order valence-electron chi connectivity index (χ4n) is 3.06. The fraction of sp³-hybridized carbons (Fsp3) is 0.300. The molecule has 5 heteroatoms. The van der Waals surface area contributed by atoms with Crippen LogP contribution in [-0.2, 0) is 9.59 Å². The minimum atomic E-state index is -0.447. The summed E-state index contributed by atoms with van der Waals surface area (Å²) in [5, 5.41) is 2.71. The van der Waals surface area contributed by atoms with Crippen LogP contribution in [0.15, 0.2) is 36.4 Å². The fourth-order valence-corrected chi connectivity index (χ4v) is 3.06. The van der Waals surface area contributed by atoms with E-state index in [1.165, 1.54) is 6.07 Å². The van der Waals surface area contributed by atoms with Crippen molar-refractivity contribution >= 4 is 23.2 Å². The molecule has 1 saturated heterocycles. The van der Waals surface area contributed by atoms with Gasteiger partial charge in [-0.1, -0.05) is 18.2 Å². The van der Waals surface area contributed by atoms with Crippen LogP contribution in [0.2, 0.25) is 0 Å². The van der Waals surface area contributed by atoms with Gasteiger partial charge in [0, 0.05) is 24.3 Å². The van der Waals surface area contributed by atoms with Gasteiger partial charge < -0.3 is 10.2 Å². The normalized spacial score (nSPS) is 17.0. The third-order valence-corrected chi connectivity index (χ3v) is 4.80. The predicted octanol–water partition coefficient (Wildman–Crippen LogP) is 3.74. The molecule has 1 fully saturated rings. The summed E-state index contributed by atoms with van der Waals surface area (Å²) >= 11 is 0. The summed E-state index contributed by atoms with van der Waals surface area (Å²) in [5.41, 5.74) is 3.92. The van der Waals surface area contributed by atoms with E-state index in [1.807, 2.05) is 32.0 Å². The van der Waals surface area contributed by atoms with Gasteiger partial charge >= 0.3 is 0 Å². The molecular formula is C20H21FN2O2. The van der Waals surface area contributed by atoms with Gasteiger partial charge in [0.1, 0.15) is 5.82 Å². The molecule has 0 aliphatic carbocycles. The van der Waals surface area contributed by atoms with Gasteiger partial charge in [-0.05, 0) is 55.7 Å². The molecule has 4 nitrogen and oxygen atoms in total. The smallest absolute Gasteiger partial charge is 0.229 e. The van der Waals surface area contributed by atoms with Crippen molar-refractivity contribution in [3.05, 3.63) is 58.9 Å². The molecule has 25 heavy (non-hydrogen) atoms. The van der Waals surface area contributed by atoms with E-state index in [0.717, 1.165) is 16.8 Å². The number of carbonyl (C=O) groups is 2. The number of anilines is 2. The standard InChI is InChI=1S/C20H21FN2O2/c1-12-5-4-6-18(14(12)3)23-11-15(9-19(23)24)20(25)22-16-8-7-13(2)17(21)10-16/h4-8,10,15H,9,11H2,1-3H3,(H,22,25). The third-order valence-electron chi connectivity index (χ3n) is 4.80. The summed E-state index contributed by atoms with van der Waals surface area (Å²) in [7, 11) is 0. The van der Waals surface area contributed by atoms with Gasteiger partial charge in [0.2, 0.25) is 11.8 Å². The third kappa shape index (κ3) is 3.40. The zero-order valence-corrected chi connectivity index (χ0v) is 14.6.